The average Bonchev–Trinajstić information content (AvgIpc) is 2.76. The third-order valence-electron chi connectivity index (χ3n) is 3.28. The van der Waals surface area contributed by atoms with Gasteiger partial charge in [0.25, 0.3) is 0 Å². The van der Waals surface area contributed by atoms with Gasteiger partial charge in [0.05, 0.1) is 5.88 Å². The van der Waals surface area contributed by atoms with Crippen LogP contribution in [0.3, 0.4) is 0 Å². The predicted octanol–water partition coefficient (Wildman–Crippen LogP) is 2.35. The van der Waals surface area contributed by atoms with Crippen LogP contribution in [0.5, 0.6) is 0 Å². The van der Waals surface area contributed by atoms with Gasteiger partial charge in [0.15, 0.2) is 0 Å². The van der Waals surface area contributed by atoms with Crippen molar-refractivity contribution in [3.63, 3.8) is 0 Å². The van der Waals surface area contributed by atoms with Crippen LogP contribution >= 0.6 is 11.6 Å². The van der Waals surface area contributed by atoms with Crippen molar-refractivity contribution in [1.82, 2.24) is 9.88 Å². The maximum Gasteiger partial charge on any atom is 0.0509 e. The second-order valence-corrected chi connectivity index (χ2v) is 5.16. The SMILES string of the molecule is CN(C)CC1CCCN1c1ccncc1CCl. The Morgan fingerprint density at radius 3 is 3.06 bits per heavy atom. The van der Waals surface area contributed by atoms with Gasteiger partial charge in [0, 0.05) is 42.8 Å². The molecule has 1 atom stereocenters. The maximum atomic E-state index is 5.99. The summed E-state index contributed by atoms with van der Waals surface area (Å²) < 4.78 is 0. The van der Waals surface area contributed by atoms with Crippen molar-refractivity contribution in [2.75, 3.05) is 32.1 Å². The van der Waals surface area contributed by atoms with Crippen LogP contribution in [0.1, 0.15) is 18.4 Å². The standard InChI is InChI=1S/C13H20ClN3/c1-16(2)10-12-4-3-7-17(12)13-5-6-15-9-11(13)8-14/h5-6,9,12H,3-4,7-8,10H2,1-2H3. The lowest BCUT2D eigenvalue weighted by atomic mass is 10.2. The number of anilines is 1. The molecule has 1 saturated heterocycles. The van der Waals surface area contributed by atoms with Crippen LogP contribution in [0.25, 0.3) is 0 Å². The number of aromatic nitrogens is 1. The molecule has 1 fully saturated rings. The van der Waals surface area contributed by atoms with E-state index in [-0.39, 0.29) is 0 Å². The van der Waals surface area contributed by atoms with E-state index in [9.17, 15) is 0 Å². The zero-order chi connectivity index (χ0) is 12.3. The number of likely N-dealkylation sites (N-methyl/N-ethyl adjacent to an activating group) is 1. The van der Waals surface area contributed by atoms with Crippen molar-refractivity contribution in [3.8, 4) is 0 Å². The van der Waals surface area contributed by atoms with Crippen molar-refractivity contribution < 1.29 is 0 Å². The Hall–Kier alpha value is -0.800. The summed E-state index contributed by atoms with van der Waals surface area (Å²) in [6, 6.07) is 2.69. The van der Waals surface area contributed by atoms with E-state index in [0.717, 1.165) is 18.7 Å². The molecule has 94 valence electrons. The molecule has 17 heavy (non-hydrogen) atoms. The van der Waals surface area contributed by atoms with Crippen LogP contribution in [-0.4, -0.2) is 43.1 Å². The van der Waals surface area contributed by atoms with Gasteiger partial charge >= 0.3 is 0 Å². The molecule has 4 heteroatoms. The second kappa shape index (κ2) is 5.69. The fourth-order valence-electron chi connectivity index (χ4n) is 2.57. The van der Waals surface area contributed by atoms with E-state index in [0.29, 0.717) is 11.9 Å². The molecule has 1 aromatic rings. The van der Waals surface area contributed by atoms with Crippen LogP contribution in [0.15, 0.2) is 18.5 Å². The van der Waals surface area contributed by atoms with Gasteiger partial charge in [0.2, 0.25) is 0 Å². The zero-order valence-corrected chi connectivity index (χ0v) is 11.3. The topological polar surface area (TPSA) is 19.4 Å². The molecule has 2 heterocycles. The first-order chi connectivity index (χ1) is 8.22. The fraction of sp³-hybridized carbons (Fsp3) is 0.615. The molecule has 0 bridgehead atoms. The largest absolute Gasteiger partial charge is 0.367 e. The van der Waals surface area contributed by atoms with Gasteiger partial charge in [0.1, 0.15) is 0 Å². The molecule has 1 aliphatic heterocycles. The Balaban J connectivity index is 2.19. The van der Waals surface area contributed by atoms with Gasteiger partial charge in [-0.2, -0.15) is 0 Å². The molecule has 1 aliphatic rings. The highest BCUT2D eigenvalue weighted by Gasteiger charge is 2.26. The van der Waals surface area contributed by atoms with Crippen molar-refractivity contribution in [3.05, 3.63) is 24.0 Å². The molecule has 0 aliphatic carbocycles. The van der Waals surface area contributed by atoms with Crippen LogP contribution in [0.2, 0.25) is 0 Å². The number of hydrogen-bond donors (Lipinski definition) is 0. The highest BCUT2D eigenvalue weighted by Crippen LogP contribution is 2.29. The van der Waals surface area contributed by atoms with Crippen molar-refractivity contribution in [2.24, 2.45) is 0 Å². The van der Waals surface area contributed by atoms with Crippen molar-refractivity contribution in [2.45, 2.75) is 24.8 Å². The Kier molecular flexibility index (Phi) is 4.24. The summed E-state index contributed by atoms with van der Waals surface area (Å²) in [5.74, 6) is 0.536. The highest BCUT2D eigenvalue weighted by atomic mass is 35.5. The summed E-state index contributed by atoms with van der Waals surface area (Å²) in [6.07, 6.45) is 6.27. The Morgan fingerprint density at radius 2 is 2.35 bits per heavy atom. The number of nitrogens with zero attached hydrogens (tertiary/aromatic N) is 3. The molecule has 3 nitrogen and oxygen atoms in total. The van der Waals surface area contributed by atoms with Gasteiger partial charge in [-0.3, -0.25) is 4.98 Å². The minimum atomic E-state index is 0.536. The molecule has 0 saturated carbocycles. The van der Waals surface area contributed by atoms with Crippen LogP contribution < -0.4 is 4.90 Å². The lowest BCUT2D eigenvalue weighted by molar-refractivity contribution is 0.372. The second-order valence-electron chi connectivity index (χ2n) is 4.89. The van der Waals surface area contributed by atoms with Crippen molar-refractivity contribution >= 4 is 17.3 Å². The summed E-state index contributed by atoms with van der Waals surface area (Å²) in [6.45, 7) is 2.23. The Morgan fingerprint density at radius 1 is 1.53 bits per heavy atom. The summed E-state index contributed by atoms with van der Waals surface area (Å²) in [4.78, 5) is 8.89. The third-order valence-corrected chi connectivity index (χ3v) is 3.57. The van der Waals surface area contributed by atoms with Gasteiger partial charge in [-0.05, 0) is 33.0 Å². The minimum absolute atomic E-state index is 0.536. The summed E-state index contributed by atoms with van der Waals surface area (Å²) in [7, 11) is 4.26. The number of alkyl halides is 1. The molecule has 0 amide bonds. The maximum absolute atomic E-state index is 5.99. The smallest absolute Gasteiger partial charge is 0.0509 e. The third kappa shape index (κ3) is 2.90. The van der Waals surface area contributed by atoms with E-state index in [1.165, 1.54) is 18.5 Å². The zero-order valence-electron chi connectivity index (χ0n) is 10.6. The number of rotatable bonds is 4. The number of halogens is 1. The van der Waals surface area contributed by atoms with Crippen LogP contribution in [0.4, 0.5) is 5.69 Å². The van der Waals surface area contributed by atoms with E-state index < -0.39 is 0 Å². The van der Waals surface area contributed by atoms with Gasteiger partial charge < -0.3 is 9.80 Å². The molecule has 1 aromatic heterocycles. The minimum Gasteiger partial charge on any atom is -0.367 e. The Labute approximate surface area is 108 Å². The summed E-state index contributed by atoms with van der Waals surface area (Å²) in [5.41, 5.74) is 2.40. The van der Waals surface area contributed by atoms with E-state index in [1.807, 2.05) is 12.4 Å². The van der Waals surface area contributed by atoms with E-state index in [1.54, 1.807) is 0 Å². The number of hydrogen-bond acceptors (Lipinski definition) is 3. The van der Waals surface area contributed by atoms with Crippen LogP contribution in [0, 0.1) is 0 Å². The van der Waals surface area contributed by atoms with Crippen LogP contribution in [-0.2, 0) is 5.88 Å². The first-order valence-electron chi connectivity index (χ1n) is 6.12. The van der Waals surface area contributed by atoms with E-state index >= 15 is 0 Å². The first-order valence-corrected chi connectivity index (χ1v) is 6.66. The van der Waals surface area contributed by atoms with Gasteiger partial charge in [-0.25, -0.2) is 0 Å². The molecule has 2 rings (SSSR count). The highest BCUT2D eigenvalue weighted by molar-refractivity contribution is 6.17. The van der Waals surface area contributed by atoms with Gasteiger partial charge in [-0.1, -0.05) is 0 Å². The average molecular weight is 254 g/mol. The fourth-order valence-corrected chi connectivity index (χ4v) is 2.77. The van der Waals surface area contributed by atoms with E-state index in [4.69, 9.17) is 11.6 Å². The monoisotopic (exact) mass is 253 g/mol. The predicted molar refractivity (Wildman–Crippen MR) is 72.7 cm³/mol. The summed E-state index contributed by atoms with van der Waals surface area (Å²) in [5, 5.41) is 0. The first kappa shape index (κ1) is 12.7. The number of pyridine rings is 1. The molecule has 0 spiro atoms. The Bertz CT molecular complexity index is 367. The molecule has 0 aromatic carbocycles. The molecule has 0 radical (unpaired) electrons. The molecular formula is C13H20ClN3. The lowest BCUT2D eigenvalue weighted by Gasteiger charge is -2.30. The quantitative estimate of drug-likeness (QED) is 0.768. The molecule has 1 unspecified atom stereocenters. The summed E-state index contributed by atoms with van der Waals surface area (Å²) >= 11 is 5.99. The van der Waals surface area contributed by atoms with Crippen molar-refractivity contribution in [1.29, 1.82) is 0 Å². The molecular weight excluding hydrogens is 234 g/mol. The van der Waals surface area contributed by atoms with Gasteiger partial charge in [-0.15, -0.1) is 11.6 Å². The lowest BCUT2D eigenvalue weighted by Crippen LogP contribution is -2.38. The normalized spacial score (nSPS) is 20.2. The molecule has 0 N–H and O–H groups in total. The van der Waals surface area contributed by atoms with E-state index in [2.05, 4.69) is 34.9 Å².